The number of nitrogens with zero attached hydrogens (tertiary/aromatic N) is 3. The van der Waals surface area contributed by atoms with Crippen LogP contribution >= 0.6 is 19.2 Å². The Bertz CT molecular complexity index is 1440. The van der Waals surface area contributed by atoms with E-state index < -0.39 is 7.60 Å². The minimum Gasteiger partial charge on any atom is -0.309 e. The summed E-state index contributed by atoms with van der Waals surface area (Å²) < 4.78 is 25.0. The van der Waals surface area contributed by atoms with Crippen LogP contribution in [0.15, 0.2) is 82.7 Å². The molecule has 4 rings (SSSR count). The van der Waals surface area contributed by atoms with E-state index in [1.165, 1.54) is 4.68 Å². The highest BCUT2D eigenvalue weighted by molar-refractivity contribution is 7.53. The van der Waals surface area contributed by atoms with Crippen LogP contribution in [0.3, 0.4) is 0 Å². The summed E-state index contributed by atoms with van der Waals surface area (Å²) in [4.78, 5) is 18.1. The average Bonchev–Trinajstić information content (AvgIpc) is 2.84. The fourth-order valence-electron chi connectivity index (χ4n) is 3.61. The van der Waals surface area contributed by atoms with Gasteiger partial charge in [-0.05, 0) is 43.2 Å². The number of halogens is 1. The molecule has 0 bridgehead atoms. The molecule has 0 saturated heterocycles. The maximum atomic E-state index is 13.3. The van der Waals surface area contributed by atoms with Crippen molar-refractivity contribution in [2.24, 2.45) is 5.10 Å². The van der Waals surface area contributed by atoms with Gasteiger partial charge in [-0.3, -0.25) is 9.36 Å². The van der Waals surface area contributed by atoms with Gasteiger partial charge in [0.25, 0.3) is 5.56 Å². The van der Waals surface area contributed by atoms with E-state index in [1.54, 1.807) is 38.3 Å². The molecule has 0 aliphatic carbocycles. The molecule has 0 aliphatic heterocycles. The first-order chi connectivity index (χ1) is 16.9. The summed E-state index contributed by atoms with van der Waals surface area (Å²) >= 11 is 6.16. The molecule has 0 fully saturated rings. The number of hydrogen-bond acceptors (Lipinski definition) is 6. The van der Waals surface area contributed by atoms with Gasteiger partial charge < -0.3 is 9.05 Å². The van der Waals surface area contributed by atoms with Crippen molar-refractivity contribution in [2.75, 3.05) is 13.2 Å². The van der Waals surface area contributed by atoms with Crippen molar-refractivity contribution in [3.63, 3.8) is 0 Å². The maximum absolute atomic E-state index is 13.3. The van der Waals surface area contributed by atoms with Gasteiger partial charge in [0, 0.05) is 10.6 Å². The largest absolute Gasteiger partial charge is 0.335 e. The summed E-state index contributed by atoms with van der Waals surface area (Å²) in [6, 6.07) is 21.7. The van der Waals surface area contributed by atoms with E-state index in [2.05, 4.69) is 5.10 Å². The first-order valence-electron chi connectivity index (χ1n) is 11.2. The molecule has 0 saturated carbocycles. The van der Waals surface area contributed by atoms with Gasteiger partial charge in [0.15, 0.2) is 5.82 Å². The SMILES string of the molecule is CCOP(=O)(Cc1ccc(-c2nc3cc(Cl)ccc3c(=O)n2N=Cc2ccccc2)cc1)OCC. The predicted molar refractivity (Wildman–Crippen MR) is 140 cm³/mol. The van der Waals surface area contributed by atoms with E-state index in [0.29, 0.717) is 40.5 Å². The highest BCUT2D eigenvalue weighted by Gasteiger charge is 2.24. The Morgan fingerprint density at radius 2 is 1.69 bits per heavy atom. The van der Waals surface area contributed by atoms with Crippen LogP contribution in [0.2, 0.25) is 5.02 Å². The zero-order chi connectivity index (χ0) is 24.8. The molecule has 4 aromatic rings. The van der Waals surface area contributed by atoms with Crippen LogP contribution in [0.1, 0.15) is 25.0 Å². The predicted octanol–water partition coefficient (Wildman–Crippen LogP) is 6.37. The monoisotopic (exact) mass is 509 g/mol. The van der Waals surface area contributed by atoms with Crippen LogP contribution in [0.4, 0.5) is 0 Å². The van der Waals surface area contributed by atoms with Gasteiger partial charge in [-0.15, -0.1) is 0 Å². The van der Waals surface area contributed by atoms with Crippen molar-refractivity contribution >= 4 is 36.3 Å². The van der Waals surface area contributed by atoms with Crippen molar-refractivity contribution in [2.45, 2.75) is 20.0 Å². The Balaban J connectivity index is 1.78. The first kappa shape index (κ1) is 25.0. The summed E-state index contributed by atoms with van der Waals surface area (Å²) in [5.41, 5.74) is 2.46. The van der Waals surface area contributed by atoms with Crippen molar-refractivity contribution in [3.05, 3.63) is 99.3 Å². The molecular formula is C26H25ClN3O4P. The molecule has 9 heteroatoms. The van der Waals surface area contributed by atoms with Gasteiger partial charge in [-0.1, -0.05) is 66.2 Å². The van der Waals surface area contributed by atoms with Crippen LogP contribution in [0, 0.1) is 0 Å². The molecule has 0 unspecified atom stereocenters. The van der Waals surface area contributed by atoms with Crippen molar-refractivity contribution in [1.82, 2.24) is 9.66 Å². The Labute approximate surface area is 208 Å². The molecule has 35 heavy (non-hydrogen) atoms. The highest BCUT2D eigenvalue weighted by Crippen LogP contribution is 2.51. The molecule has 0 radical (unpaired) electrons. The van der Waals surface area contributed by atoms with Crippen LogP contribution in [-0.2, 0) is 19.8 Å². The van der Waals surface area contributed by atoms with E-state index in [-0.39, 0.29) is 11.7 Å². The number of rotatable bonds is 9. The quantitative estimate of drug-likeness (QED) is 0.193. The fraction of sp³-hybridized carbons (Fsp3) is 0.192. The van der Waals surface area contributed by atoms with Crippen LogP contribution in [0.5, 0.6) is 0 Å². The molecule has 0 aliphatic rings. The van der Waals surface area contributed by atoms with E-state index in [4.69, 9.17) is 25.6 Å². The van der Waals surface area contributed by atoms with Crippen LogP contribution in [0.25, 0.3) is 22.3 Å². The molecule has 3 aromatic carbocycles. The second kappa shape index (κ2) is 11.1. The van der Waals surface area contributed by atoms with Crippen molar-refractivity contribution in [3.8, 4) is 11.4 Å². The van der Waals surface area contributed by atoms with E-state index in [9.17, 15) is 9.36 Å². The molecule has 7 nitrogen and oxygen atoms in total. The zero-order valence-electron chi connectivity index (χ0n) is 19.4. The van der Waals surface area contributed by atoms with Gasteiger partial charge in [0.05, 0.1) is 36.5 Å². The average molecular weight is 510 g/mol. The first-order valence-corrected chi connectivity index (χ1v) is 13.3. The minimum atomic E-state index is -3.24. The number of hydrogen-bond donors (Lipinski definition) is 0. The van der Waals surface area contributed by atoms with Gasteiger partial charge >= 0.3 is 7.60 Å². The number of aromatic nitrogens is 2. The second-order valence-corrected chi connectivity index (χ2v) is 10.2. The molecule has 0 atom stereocenters. The maximum Gasteiger partial charge on any atom is 0.335 e. The molecule has 0 amide bonds. The van der Waals surface area contributed by atoms with Gasteiger partial charge in [-0.2, -0.15) is 9.78 Å². The van der Waals surface area contributed by atoms with Gasteiger partial charge in [0.2, 0.25) is 0 Å². The van der Waals surface area contributed by atoms with Crippen molar-refractivity contribution in [1.29, 1.82) is 0 Å². The van der Waals surface area contributed by atoms with E-state index >= 15 is 0 Å². The zero-order valence-corrected chi connectivity index (χ0v) is 21.1. The minimum absolute atomic E-state index is 0.148. The lowest BCUT2D eigenvalue weighted by molar-refractivity contribution is 0.219. The summed E-state index contributed by atoms with van der Waals surface area (Å²) in [6.07, 6.45) is 1.76. The topological polar surface area (TPSA) is 82.8 Å². The summed E-state index contributed by atoms with van der Waals surface area (Å²) in [6.45, 7) is 4.15. The van der Waals surface area contributed by atoms with Gasteiger partial charge in [0.1, 0.15) is 0 Å². The van der Waals surface area contributed by atoms with E-state index in [1.807, 2.05) is 54.6 Å². The normalized spacial score (nSPS) is 12.0. The Kier molecular flexibility index (Phi) is 7.93. The number of benzene rings is 3. The summed E-state index contributed by atoms with van der Waals surface area (Å²) in [5.74, 6) is 0.362. The Hall–Kier alpha value is -3.09. The standard InChI is InChI=1S/C26H25ClN3O4P/c1-3-33-35(32,34-4-2)18-20-10-12-21(13-11-20)25-29-24-16-22(27)14-15-23(24)26(31)30(25)28-17-19-8-6-5-7-9-19/h5-17H,3-4,18H2,1-2H3. The van der Waals surface area contributed by atoms with Crippen molar-refractivity contribution < 1.29 is 13.6 Å². The smallest absolute Gasteiger partial charge is 0.309 e. The summed E-state index contributed by atoms with van der Waals surface area (Å²) in [7, 11) is -3.24. The Morgan fingerprint density at radius 3 is 2.34 bits per heavy atom. The third-order valence-corrected chi connectivity index (χ3v) is 7.46. The second-order valence-electron chi connectivity index (χ2n) is 7.67. The Morgan fingerprint density at radius 1 is 1.00 bits per heavy atom. The lowest BCUT2D eigenvalue weighted by Crippen LogP contribution is -2.20. The summed E-state index contributed by atoms with van der Waals surface area (Å²) in [5, 5.41) is 5.35. The molecule has 0 N–H and O–H groups in total. The molecule has 180 valence electrons. The van der Waals surface area contributed by atoms with Crippen LogP contribution < -0.4 is 5.56 Å². The third-order valence-electron chi connectivity index (χ3n) is 5.17. The third kappa shape index (κ3) is 5.95. The van der Waals surface area contributed by atoms with Gasteiger partial charge in [-0.25, -0.2) is 4.98 Å². The lowest BCUT2D eigenvalue weighted by Gasteiger charge is -2.17. The molecule has 0 spiro atoms. The molecule has 1 aromatic heterocycles. The van der Waals surface area contributed by atoms with Crippen LogP contribution in [-0.4, -0.2) is 29.1 Å². The molecule has 1 heterocycles. The lowest BCUT2D eigenvalue weighted by atomic mass is 10.1. The van der Waals surface area contributed by atoms with E-state index in [0.717, 1.165) is 11.1 Å². The molecular weight excluding hydrogens is 485 g/mol. The fourth-order valence-corrected chi connectivity index (χ4v) is 5.48. The highest BCUT2D eigenvalue weighted by atomic mass is 35.5. The number of fused-ring (bicyclic) bond motifs is 1.